The van der Waals surface area contributed by atoms with Crippen LogP contribution >= 0.6 is 0 Å². The molecule has 232 valence electrons. The number of ether oxygens (including phenoxy) is 3. The maximum atomic E-state index is 14.2. The Labute approximate surface area is 247 Å². The standard InChI is InChI=1S/C28H26F4N6O6/c1-14(38-11-19(36-37-38)13-42-28(33)40)24-23(25(39)34-10-17-4-6-18(29)9-20(17)30)35-26(44-24)16-5-7-21(43-27(31)32)22(8-16)41-12-15-2-3-15/h4-9,11,14-15,27H,2-3,10,12-13H2,1H3,(H2,33,40)(H,34,39). The van der Waals surface area contributed by atoms with E-state index in [4.69, 9.17) is 19.6 Å². The van der Waals surface area contributed by atoms with Crippen molar-refractivity contribution in [2.24, 2.45) is 11.7 Å². The van der Waals surface area contributed by atoms with Crippen molar-refractivity contribution in [1.29, 1.82) is 0 Å². The van der Waals surface area contributed by atoms with Gasteiger partial charge in [0.2, 0.25) is 5.89 Å². The van der Waals surface area contributed by atoms with Crippen molar-refractivity contribution in [1.82, 2.24) is 25.3 Å². The van der Waals surface area contributed by atoms with Gasteiger partial charge in [0, 0.05) is 23.7 Å². The summed E-state index contributed by atoms with van der Waals surface area (Å²) >= 11 is 0. The predicted molar refractivity (Wildman–Crippen MR) is 143 cm³/mol. The van der Waals surface area contributed by atoms with Gasteiger partial charge in [0.1, 0.15) is 30.0 Å². The van der Waals surface area contributed by atoms with Crippen molar-refractivity contribution in [3.8, 4) is 23.0 Å². The van der Waals surface area contributed by atoms with Crippen LogP contribution in [0, 0.1) is 17.6 Å². The second kappa shape index (κ2) is 13.0. The molecule has 0 radical (unpaired) electrons. The highest BCUT2D eigenvalue weighted by Crippen LogP contribution is 2.37. The summed E-state index contributed by atoms with van der Waals surface area (Å²) in [5.74, 6) is -2.26. The smallest absolute Gasteiger partial charge is 0.404 e. The Balaban J connectivity index is 1.47. The number of halogens is 4. The highest BCUT2D eigenvalue weighted by atomic mass is 19.3. The molecule has 4 aromatic rings. The lowest BCUT2D eigenvalue weighted by molar-refractivity contribution is -0.0515. The summed E-state index contributed by atoms with van der Waals surface area (Å²) in [4.78, 5) is 28.6. The number of hydrogen-bond donors (Lipinski definition) is 2. The van der Waals surface area contributed by atoms with Crippen LogP contribution in [0.5, 0.6) is 11.5 Å². The molecular formula is C28H26F4N6O6. The lowest BCUT2D eigenvalue weighted by Gasteiger charge is -2.13. The van der Waals surface area contributed by atoms with Crippen molar-refractivity contribution in [3.63, 3.8) is 0 Å². The van der Waals surface area contributed by atoms with Crippen LogP contribution in [-0.2, 0) is 17.9 Å². The third kappa shape index (κ3) is 7.43. The van der Waals surface area contributed by atoms with Crippen LogP contribution in [-0.4, -0.2) is 45.2 Å². The van der Waals surface area contributed by atoms with E-state index in [-0.39, 0.29) is 58.8 Å². The number of aromatic nitrogens is 4. The van der Waals surface area contributed by atoms with Gasteiger partial charge in [0.25, 0.3) is 5.91 Å². The van der Waals surface area contributed by atoms with Crippen molar-refractivity contribution in [2.45, 2.75) is 45.6 Å². The van der Waals surface area contributed by atoms with Gasteiger partial charge < -0.3 is 29.7 Å². The number of primary amides is 1. The molecule has 0 bridgehead atoms. The number of oxazole rings is 1. The van der Waals surface area contributed by atoms with Crippen LogP contribution in [0.2, 0.25) is 0 Å². The Hall–Kier alpha value is -5.15. The molecule has 12 nitrogen and oxygen atoms in total. The summed E-state index contributed by atoms with van der Waals surface area (Å²) in [5.41, 5.74) is 5.36. The lowest BCUT2D eigenvalue weighted by atomic mass is 10.2. The van der Waals surface area contributed by atoms with E-state index >= 15 is 0 Å². The number of nitrogens with zero attached hydrogens (tertiary/aromatic N) is 4. The van der Waals surface area contributed by atoms with Gasteiger partial charge in [-0.2, -0.15) is 8.78 Å². The molecule has 1 aliphatic carbocycles. The number of hydrogen-bond acceptors (Lipinski definition) is 9. The minimum atomic E-state index is -3.08. The first-order valence-electron chi connectivity index (χ1n) is 13.3. The number of nitrogens with two attached hydrogens (primary N) is 1. The summed E-state index contributed by atoms with van der Waals surface area (Å²) in [5, 5.41) is 10.4. The highest BCUT2D eigenvalue weighted by Gasteiger charge is 2.28. The largest absolute Gasteiger partial charge is 0.489 e. The first-order chi connectivity index (χ1) is 21.1. The molecule has 16 heteroatoms. The Kier molecular flexibility index (Phi) is 8.96. The van der Waals surface area contributed by atoms with Crippen molar-refractivity contribution in [3.05, 3.63) is 76.9 Å². The summed E-state index contributed by atoms with van der Waals surface area (Å²) in [7, 11) is 0. The maximum absolute atomic E-state index is 14.2. The second-order valence-corrected chi connectivity index (χ2v) is 9.92. The summed E-state index contributed by atoms with van der Waals surface area (Å²) in [6.07, 6.45) is 2.36. The number of amides is 2. The summed E-state index contributed by atoms with van der Waals surface area (Å²) in [6.45, 7) is -1.70. The van der Waals surface area contributed by atoms with Gasteiger partial charge >= 0.3 is 12.7 Å². The first-order valence-corrected chi connectivity index (χ1v) is 13.3. The monoisotopic (exact) mass is 618 g/mol. The topological polar surface area (TPSA) is 157 Å². The van der Waals surface area contributed by atoms with Gasteiger partial charge in [0.15, 0.2) is 23.0 Å². The van der Waals surface area contributed by atoms with E-state index in [0.29, 0.717) is 18.6 Å². The van der Waals surface area contributed by atoms with E-state index in [0.717, 1.165) is 18.9 Å². The van der Waals surface area contributed by atoms with Crippen LogP contribution < -0.4 is 20.5 Å². The van der Waals surface area contributed by atoms with E-state index in [1.165, 1.54) is 35.1 Å². The van der Waals surface area contributed by atoms with E-state index < -0.39 is 36.3 Å². The zero-order valence-corrected chi connectivity index (χ0v) is 23.1. The molecule has 3 N–H and O–H groups in total. The third-order valence-electron chi connectivity index (χ3n) is 6.60. The molecule has 1 unspecified atom stereocenters. The molecule has 44 heavy (non-hydrogen) atoms. The van der Waals surface area contributed by atoms with E-state index in [1.54, 1.807) is 6.92 Å². The molecule has 2 heterocycles. The molecular weight excluding hydrogens is 592 g/mol. The van der Waals surface area contributed by atoms with E-state index in [9.17, 15) is 27.2 Å². The Morgan fingerprint density at radius 2 is 1.95 bits per heavy atom. The molecule has 0 aliphatic heterocycles. The molecule has 2 aromatic carbocycles. The van der Waals surface area contributed by atoms with Gasteiger partial charge in [-0.05, 0) is 49.9 Å². The third-order valence-corrected chi connectivity index (χ3v) is 6.60. The Morgan fingerprint density at radius 1 is 1.16 bits per heavy atom. The average molecular weight is 619 g/mol. The minimum Gasteiger partial charge on any atom is -0.489 e. The SMILES string of the molecule is CC(c1oc(-c2ccc(OC(F)F)c(OCC3CC3)c2)nc1C(=O)NCc1ccc(F)cc1F)n1cc(COC(N)=O)nn1. The van der Waals surface area contributed by atoms with Crippen LogP contribution in [0.25, 0.3) is 11.5 Å². The van der Waals surface area contributed by atoms with Gasteiger partial charge in [-0.25, -0.2) is 23.2 Å². The molecule has 5 rings (SSSR count). The van der Waals surface area contributed by atoms with Gasteiger partial charge in [-0.1, -0.05) is 11.3 Å². The second-order valence-electron chi connectivity index (χ2n) is 9.92. The van der Waals surface area contributed by atoms with Gasteiger partial charge in [-0.15, -0.1) is 5.10 Å². The highest BCUT2D eigenvalue weighted by molar-refractivity contribution is 5.94. The Bertz CT molecular complexity index is 1660. The molecule has 0 saturated heterocycles. The van der Waals surface area contributed by atoms with Crippen molar-refractivity contribution < 1.29 is 45.8 Å². The molecule has 1 fully saturated rings. The summed E-state index contributed by atoms with van der Waals surface area (Å²) < 4.78 is 76.0. The van der Waals surface area contributed by atoms with E-state index in [1.807, 2.05) is 0 Å². The quantitative estimate of drug-likeness (QED) is 0.202. The number of rotatable bonds is 13. The molecule has 2 amide bonds. The zero-order chi connectivity index (χ0) is 31.4. The fourth-order valence-electron chi connectivity index (χ4n) is 4.10. The van der Waals surface area contributed by atoms with Crippen molar-refractivity contribution in [2.75, 3.05) is 6.61 Å². The summed E-state index contributed by atoms with van der Waals surface area (Å²) in [6, 6.07) is 6.23. The maximum Gasteiger partial charge on any atom is 0.404 e. The number of benzene rings is 2. The number of alkyl halides is 2. The number of carbonyl (C=O) groups excluding carboxylic acids is 2. The lowest BCUT2D eigenvalue weighted by Crippen LogP contribution is -2.25. The molecule has 1 atom stereocenters. The molecule has 0 spiro atoms. The first kappa shape index (κ1) is 30.3. The van der Waals surface area contributed by atoms with Crippen LogP contribution in [0.1, 0.15) is 53.3 Å². The fourth-order valence-corrected chi connectivity index (χ4v) is 4.10. The minimum absolute atomic E-state index is 0.0118. The number of carbonyl (C=O) groups is 2. The molecule has 2 aromatic heterocycles. The van der Waals surface area contributed by atoms with Crippen molar-refractivity contribution >= 4 is 12.0 Å². The zero-order valence-electron chi connectivity index (χ0n) is 23.1. The van der Waals surface area contributed by atoms with Gasteiger partial charge in [0.05, 0.1) is 12.8 Å². The molecule has 1 aliphatic rings. The Morgan fingerprint density at radius 3 is 2.66 bits per heavy atom. The van der Waals surface area contributed by atoms with Gasteiger partial charge in [-0.3, -0.25) is 4.79 Å². The normalized spacial score (nSPS) is 13.5. The number of nitrogens with one attached hydrogen (secondary N) is 1. The van der Waals surface area contributed by atoms with Crippen LogP contribution in [0.3, 0.4) is 0 Å². The fraction of sp³-hybridized carbons (Fsp3) is 0.321. The van der Waals surface area contributed by atoms with Crippen LogP contribution in [0.15, 0.2) is 47.0 Å². The average Bonchev–Trinajstić information content (AvgIpc) is 3.50. The van der Waals surface area contributed by atoms with Crippen LogP contribution in [0.4, 0.5) is 22.4 Å². The predicted octanol–water partition coefficient (Wildman–Crippen LogP) is 4.74. The van der Waals surface area contributed by atoms with E-state index in [2.05, 4.69) is 25.3 Å². The molecule has 1 saturated carbocycles.